The van der Waals surface area contributed by atoms with Crippen molar-refractivity contribution in [3.8, 4) is 0 Å². The van der Waals surface area contributed by atoms with E-state index >= 15 is 0 Å². The van der Waals surface area contributed by atoms with Crippen molar-refractivity contribution in [2.45, 2.75) is 0 Å². The summed E-state index contributed by atoms with van der Waals surface area (Å²) in [7, 11) is 1.32. The van der Waals surface area contributed by atoms with Crippen LogP contribution in [0.3, 0.4) is 0 Å². The van der Waals surface area contributed by atoms with Crippen LogP contribution < -0.4 is 5.73 Å². The molecule has 0 aromatic carbocycles. The minimum Gasteiger partial charge on any atom is -0.351 e. The Labute approximate surface area is 75.2 Å². The van der Waals surface area contributed by atoms with Crippen molar-refractivity contribution in [2.24, 2.45) is 5.73 Å². The van der Waals surface area contributed by atoms with E-state index in [1.54, 1.807) is 0 Å². The van der Waals surface area contributed by atoms with E-state index in [4.69, 9.17) is 5.73 Å². The lowest BCUT2D eigenvalue weighted by Crippen LogP contribution is -2.37. The molecular weight excluding hydrogens is 170 g/mol. The lowest BCUT2D eigenvalue weighted by molar-refractivity contribution is 0.0838. The molecule has 0 fully saturated rings. The van der Waals surface area contributed by atoms with E-state index < -0.39 is 11.9 Å². The number of carbonyl (C=O) groups excluding carboxylic acids is 2. The normalized spacial score (nSPS) is 9.31. The maximum absolute atomic E-state index is 11.4. The van der Waals surface area contributed by atoms with E-state index in [-0.39, 0.29) is 0 Å². The first-order valence-corrected chi connectivity index (χ1v) is 3.60. The Morgan fingerprint density at radius 1 is 1.38 bits per heavy atom. The third kappa shape index (κ3) is 2.02. The number of aromatic nitrogens is 1. The highest BCUT2D eigenvalue weighted by atomic mass is 16.2. The molecule has 0 aliphatic heterocycles. The smallest absolute Gasteiger partial charge is 0.321 e. The summed E-state index contributed by atoms with van der Waals surface area (Å²) in [6, 6.07) is 2.26. The molecule has 1 aromatic heterocycles. The van der Waals surface area contributed by atoms with Crippen molar-refractivity contribution < 1.29 is 9.59 Å². The van der Waals surface area contributed by atoms with Crippen molar-refractivity contribution in [3.63, 3.8) is 0 Å². The summed E-state index contributed by atoms with van der Waals surface area (Å²) in [5.74, 6) is -0.435. The van der Waals surface area contributed by atoms with Crippen LogP contribution in [-0.4, -0.2) is 28.9 Å². The molecule has 5 heteroatoms. The van der Waals surface area contributed by atoms with Gasteiger partial charge in [-0.1, -0.05) is 0 Å². The molecule has 5 nitrogen and oxygen atoms in total. The molecule has 0 saturated heterocycles. The van der Waals surface area contributed by atoms with E-state index in [2.05, 4.69) is 4.98 Å². The van der Waals surface area contributed by atoms with Gasteiger partial charge < -0.3 is 5.73 Å². The fraction of sp³-hybridized carbons (Fsp3) is 0.125. The number of nitrogens with zero attached hydrogens (tertiary/aromatic N) is 2. The maximum Gasteiger partial charge on any atom is 0.321 e. The summed E-state index contributed by atoms with van der Waals surface area (Å²) < 4.78 is 0. The van der Waals surface area contributed by atoms with Crippen LogP contribution in [-0.2, 0) is 0 Å². The zero-order valence-corrected chi connectivity index (χ0v) is 7.10. The molecule has 1 heterocycles. The SMILES string of the molecule is CN(C(N)=O)C(=O)c1ccncc1. The highest BCUT2D eigenvalue weighted by Crippen LogP contribution is 2.00. The van der Waals surface area contributed by atoms with Crippen LogP contribution in [0.25, 0.3) is 0 Å². The van der Waals surface area contributed by atoms with Gasteiger partial charge in [-0.2, -0.15) is 0 Å². The predicted molar refractivity (Wildman–Crippen MR) is 45.9 cm³/mol. The lowest BCUT2D eigenvalue weighted by atomic mass is 10.2. The number of pyridine rings is 1. The number of hydrogen-bond donors (Lipinski definition) is 1. The number of carbonyl (C=O) groups is 2. The van der Waals surface area contributed by atoms with Crippen LogP contribution in [0.2, 0.25) is 0 Å². The van der Waals surface area contributed by atoms with Crippen molar-refractivity contribution in [1.82, 2.24) is 9.88 Å². The zero-order valence-electron chi connectivity index (χ0n) is 7.10. The van der Waals surface area contributed by atoms with E-state index in [0.717, 1.165) is 4.90 Å². The average molecular weight is 179 g/mol. The summed E-state index contributed by atoms with van der Waals surface area (Å²) in [6.07, 6.45) is 2.95. The number of imide groups is 1. The van der Waals surface area contributed by atoms with Crippen LogP contribution in [0.4, 0.5) is 4.79 Å². The molecule has 0 aliphatic rings. The molecule has 0 atom stereocenters. The third-order valence-corrected chi connectivity index (χ3v) is 1.56. The predicted octanol–water partition coefficient (Wildman–Crippen LogP) is 0.232. The van der Waals surface area contributed by atoms with Gasteiger partial charge in [-0.3, -0.25) is 14.7 Å². The maximum atomic E-state index is 11.4. The topological polar surface area (TPSA) is 76.3 Å². The minimum absolute atomic E-state index is 0.385. The van der Waals surface area contributed by atoms with E-state index in [1.807, 2.05) is 0 Å². The molecule has 1 aromatic rings. The summed E-state index contributed by atoms with van der Waals surface area (Å²) >= 11 is 0. The lowest BCUT2D eigenvalue weighted by Gasteiger charge is -2.11. The molecular formula is C8H9N3O2. The number of primary amides is 1. The molecule has 1 rings (SSSR count). The zero-order chi connectivity index (χ0) is 9.84. The Kier molecular flexibility index (Phi) is 2.59. The van der Waals surface area contributed by atoms with Crippen LogP contribution in [0, 0.1) is 0 Å². The molecule has 0 radical (unpaired) electrons. The number of rotatable bonds is 1. The Balaban J connectivity index is 2.86. The van der Waals surface area contributed by atoms with E-state index in [9.17, 15) is 9.59 Å². The van der Waals surface area contributed by atoms with Gasteiger partial charge >= 0.3 is 6.03 Å². The Morgan fingerprint density at radius 3 is 2.38 bits per heavy atom. The first kappa shape index (κ1) is 9.18. The Bertz CT molecular complexity index is 323. The second-order valence-corrected chi connectivity index (χ2v) is 2.44. The minimum atomic E-state index is -0.776. The highest BCUT2D eigenvalue weighted by Gasteiger charge is 2.14. The van der Waals surface area contributed by atoms with Crippen LogP contribution in [0.15, 0.2) is 24.5 Å². The number of nitrogens with two attached hydrogens (primary N) is 1. The van der Waals surface area contributed by atoms with Gasteiger partial charge in [0, 0.05) is 25.0 Å². The van der Waals surface area contributed by atoms with Gasteiger partial charge in [0.25, 0.3) is 5.91 Å². The fourth-order valence-corrected chi connectivity index (χ4v) is 0.788. The first-order chi connectivity index (χ1) is 6.13. The second kappa shape index (κ2) is 3.66. The number of hydrogen-bond acceptors (Lipinski definition) is 3. The van der Waals surface area contributed by atoms with Crippen molar-refractivity contribution in [1.29, 1.82) is 0 Å². The van der Waals surface area contributed by atoms with E-state index in [0.29, 0.717) is 5.56 Å². The Morgan fingerprint density at radius 2 is 1.92 bits per heavy atom. The molecule has 2 N–H and O–H groups in total. The van der Waals surface area contributed by atoms with Gasteiger partial charge in [0.2, 0.25) is 0 Å². The largest absolute Gasteiger partial charge is 0.351 e. The second-order valence-electron chi connectivity index (χ2n) is 2.44. The van der Waals surface area contributed by atoms with Gasteiger partial charge in [0.05, 0.1) is 0 Å². The van der Waals surface area contributed by atoms with Gasteiger partial charge in [0.15, 0.2) is 0 Å². The van der Waals surface area contributed by atoms with Gasteiger partial charge in [-0.05, 0) is 12.1 Å². The summed E-state index contributed by atoms with van der Waals surface area (Å²) in [6.45, 7) is 0. The molecule has 3 amide bonds. The quantitative estimate of drug-likeness (QED) is 0.670. The summed E-state index contributed by atoms with van der Waals surface area (Å²) in [5, 5.41) is 0. The van der Waals surface area contributed by atoms with Crippen LogP contribution in [0.5, 0.6) is 0 Å². The fourth-order valence-electron chi connectivity index (χ4n) is 0.788. The Hall–Kier alpha value is -1.91. The van der Waals surface area contributed by atoms with Crippen molar-refractivity contribution in [3.05, 3.63) is 30.1 Å². The molecule has 0 spiro atoms. The first-order valence-electron chi connectivity index (χ1n) is 3.60. The molecule has 13 heavy (non-hydrogen) atoms. The monoisotopic (exact) mass is 179 g/mol. The molecule has 0 unspecified atom stereocenters. The van der Waals surface area contributed by atoms with Crippen molar-refractivity contribution >= 4 is 11.9 Å². The standard InChI is InChI=1S/C8H9N3O2/c1-11(8(9)13)7(12)6-2-4-10-5-3-6/h2-5H,1H3,(H2,9,13). The molecule has 0 saturated carbocycles. The summed E-state index contributed by atoms with van der Waals surface area (Å²) in [5.41, 5.74) is 5.31. The van der Waals surface area contributed by atoms with Gasteiger partial charge in [-0.15, -0.1) is 0 Å². The average Bonchev–Trinajstić information content (AvgIpc) is 2.17. The highest BCUT2D eigenvalue weighted by molar-refractivity contribution is 6.03. The summed E-state index contributed by atoms with van der Waals surface area (Å²) in [4.78, 5) is 26.6. The molecule has 0 bridgehead atoms. The molecule has 68 valence electrons. The third-order valence-electron chi connectivity index (χ3n) is 1.56. The number of amides is 3. The van der Waals surface area contributed by atoms with Crippen LogP contribution in [0.1, 0.15) is 10.4 Å². The number of urea groups is 1. The van der Waals surface area contributed by atoms with Gasteiger partial charge in [0.1, 0.15) is 0 Å². The van der Waals surface area contributed by atoms with Gasteiger partial charge in [-0.25, -0.2) is 4.79 Å². The van der Waals surface area contributed by atoms with E-state index in [1.165, 1.54) is 31.6 Å². The van der Waals surface area contributed by atoms with Crippen molar-refractivity contribution in [2.75, 3.05) is 7.05 Å². The molecule has 0 aliphatic carbocycles. The van der Waals surface area contributed by atoms with Crippen LogP contribution >= 0.6 is 0 Å².